The van der Waals surface area contributed by atoms with Crippen LogP contribution >= 0.6 is 0 Å². The Morgan fingerprint density at radius 1 is 1.33 bits per heavy atom. The fourth-order valence-corrected chi connectivity index (χ4v) is 1.44. The van der Waals surface area contributed by atoms with E-state index in [1.54, 1.807) is 0 Å². The smallest absolute Gasteiger partial charge is 0.00670 e. The minimum absolute atomic E-state index is 0.482. The minimum Gasteiger partial charge on any atom is -0.314 e. The maximum atomic E-state index is 3.60. The maximum Gasteiger partial charge on any atom is 0.00670 e. The van der Waals surface area contributed by atoms with Crippen molar-refractivity contribution >= 4 is 0 Å². The summed E-state index contributed by atoms with van der Waals surface area (Å²) in [6.45, 7) is 10.4. The Morgan fingerprint density at radius 3 is 2.33 bits per heavy atom. The Morgan fingerprint density at radius 2 is 1.92 bits per heavy atom. The molecule has 72 valence electrons. The molecule has 0 aromatic heterocycles. The van der Waals surface area contributed by atoms with E-state index in [0.29, 0.717) is 5.41 Å². The summed E-state index contributed by atoms with van der Waals surface area (Å²) in [5.41, 5.74) is 0.482. The van der Waals surface area contributed by atoms with Crippen LogP contribution in [0.15, 0.2) is 0 Å². The van der Waals surface area contributed by atoms with Gasteiger partial charge in [0.25, 0.3) is 0 Å². The number of rotatable bonds is 4. The molecule has 1 heteroatoms. The van der Waals surface area contributed by atoms with Gasteiger partial charge in [0.15, 0.2) is 0 Å². The molecule has 0 saturated heterocycles. The maximum absolute atomic E-state index is 3.60. The van der Waals surface area contributed by atoms with Gasteiger partial charge in [0, 0.05) is 6.04 Å². The first-order chi connectivity index (χ1) is 5.49. The quantitative estimate of drug-likeness (QED) is 0.682. The molecule has 1 nitrogen and oxygen atoms in total. The third kappa shape index (κ3) is 4.10. The van der Waals surface area contributed by atoms with Gasteiger partial charge < -0.3 is 5.32 Å². The van der Waals surface area contributed by atoms with Crippen LogP contribution in [0, 0.1) is 11.3 Å². The fraction of sp³-hybridized carbons (Fsp3) is 1.00. The second-order valence-corrected chi connectivity index (χ2v) is 5.39. The van der Waals surface area contributed by atoms with Gasteiger partial charge in [-0.2, -0.15) is 0 Å². The summed E-state index contributed by atoms with van der Waals surface area (Å²) in [4.78, 5) is 0. The van der Waals surface area contributed by atoms with Crippen molar-refractivity contribution in [3.63, 3.8) is 0 Å². The topological polar surface area (TPSA) is 12.0 Å². The highest BCUT2D eigenvalue weighted by molar-refractivity contribution is 4.83. The van der Waals surface area contributed by atoms with Crippen molar-refractivity contribution in [1.82, 2.24) is 5.32 Å². The monoisotopic (exact) mass is 169 g/mol. The summed E-state index contributed by atoms with van der Waals surface area (Å²) < 4.78 is 0. The zero-order chi connectivity index (χ0) is 9.19. The highest BCUT2D eigenvalue weighted by Crippen LogP contribution is 2.32. The van der Waals surface area contributed by atoms with E-state index in [4.69, 9.17) is 0 Å². The lowest BCUT2D eigenvalue weighted by Gasteiger charge is -2.20. The molecule has 0 spiro atoms. The van der Waals surface area contributed by atoms with Crippen molar-refractivity contribution in [2.75, 3.05) is 6.54 Å². The molecule has 1 saturated carbocycles. The normalized spacial score (nSPS) is 21.0. The van der Waals surface area contributed by atoms with Crippen LogP contribution in [-0.4, -0.2) is 12.6 Å². The first-order valence-corrected chi connectivity index (χ1v) is 5.22. The lowest BCUT2D eigenvalue weighted by atomic mass is 9.92. The van der Waals surface area contributed by atoms with Crippen LogP contribution in [-0.2, 0) is 0 Å². The Hall–Kier alpha value is -0.0400. The predicted molar refractivity (Wildman–Crippen MR) is 54.3 cm³/mol. The van der Waals surface area contributed by atoms with Gasteiger partial charge in [0.05, 0.1) is 0 Å². The molecule has 1 atom stereocenters. The van der Waals surface area contributed by atoms with Crippen molar-refractivity contribution < 1.29 is 0 Å². The van der Waals surface area contributed by atoms with Crippen LogP contribution < -0.4 is 5.32 Å². The van der Waals surface area contributed by atoms with Crippen LogP contribution in [0.25, 0.3) is 0 Å². The standard InChI is InChI=1S/C11H23N/c1-9(10-5-6-10)12-8-7-11(2,3)4/h9-10,12H,5-8H2,1-4H3. The molecule has 1 aliphatic carbocycles. The summed E-state index contributed by atoms with van der Waals surface area (Å²) in [5.74, 6) is 0.991. The second-order valence-electron chi connectivity index (χ2n) is 5.39. The van der Waals surface area contributed by atoms with E-state index in [-0.39, 0.29) is 0 Å². The first kappa shape index (κ1) is 10.0. The van der Waals surface area contributed by atoms with Crippen LogP contribution in [0.1, 0.15) is 47.0 Å². The van der Waals surface area contributed by atoms with Crippen molar-refractivity contribution in [1.29, 1.82) is 0 Å². The molecule has 1 fully saturated rings. The van der Waals surface area contributed by atoms with E-state index in [1.165, 1.54) is 25.8 Å². The summed E-state index contributed by atoms with van der Waals surface area (Å²) in [5, 5.41) is 3.60. The van der Waals surface area contributed by atoms with Crippen LogP contribution in [0.2, 0.25) is 0 Å². The Bertz CT molecular complexity index is 130. The highest BCUT2D eigenvalue weighted by Gasteiger charge is 2.27. The molecule has 0 radical (unpaired) electrons. The predicted octanol–water partition coefficient (Wildman–Crippen LogP) is 2.81. The van der Waals surface area contributed by atoms with Crippen molar-refractivity contribution in [2.45, 2.75) is 53.0 Å². The molecule has 1 unspecified atom stereocenters. The summed E-state index contributed by atoms with van der Waals surface area (Å²) >= 11 is 0. The molecular formula is C11H23N. The molecule has 0 aromatic carbocycles. The van der Waals surface area contributed by atoms with E-state index in [1.807, 2.05) is 0 Å². The number of hydrogen-bond donors (Lipinski definition) is 1. The van der Waals surface area contributed by atoms with E-state index in [0.717, 1.165) is 12.0 Å². The van der Waals surface area contributed by atoms with E-state index in [2.05, 4.69) is 33.0 Å². The van der Waals surface area contributed by atoms with Gasteiger partial charge in [0.2, 0.25) is 0 Å². The average molecular weight is 169 g/mol. The van der Waals surface area contributed by atoms with Gasteiger partial charge in [-0.05, 0) is 44.1 Å². The molecule has 0 heterocycles. The molecule has 0 aromatic rings. The summed E-state index contributed by atoms with van der Waals surface area (Å²) in [6.07, 6.45) is 4.18. The zero-order valence-electron chi connectivity index (χ0n) is 8.98. The van der Waals surface area contributed by atoms with Gasteiger partial charge in [-0.1, -0.05) is 20.8 Å². The van der Waals surface area contributed by atoms with Crippen molar-refractivity contribution in [3.8, 4) is 0 Å². The van der Waals surface area contributed by atoms with Crippen molar-refractivity contribution in [2.24, 2.45) is 11.3 Å². The van der Waals surface area contributed by atoms with Gasteiger partial charge in [-0.25, -0.2) is 0 Å². The molecule has 1 aliphatic rings. The highest BCUT2D eigenvalue weighted by atomic mass is 14.9. The molecule has 0 aliphatic heterocycles. The van der Waals surface area contributed by atoms with Crippen molar-refractivity contribution in [3.05, 3.63) is 0 Å². The molecule has 1 rings (SSSR count). The number of nitrogens with one attached hydrogen (secondary N) is 1. The average Bonchev–Trinajstić information content (AvgIpc) is 2.64. The Labute approximate surface area is 76.9 Å². The minimum atomic E-state index is 0.482. The lowest BCUT2D eigenvalue weighted by molar-refractivity contribution is 0.350. The third-order valence-corrected chi connectivity index (χ3v) is 2.67. The fourth-order valence-electron chi connectivity index (χ4n) is 1.44. The Balaban J connectivity index is 2.01. The molecule has 12 heavy (non-hydrogen) atoms. The van der Waals surface area contributed by atoms with Crippen LogP contribution in [0.5, 0.6) is 0 Å². The molecule has 0 bridgehead atoms. The SMILES string of the molecule is CC(NCCC(C)(C)C)C1CC1. The zero-order valence-corrected chi connectivity index (χ0v) is 8.98. The van der Waals surface area contributed by atoms with Crippen LogP contribution in [0.3, 0.4) is 0 Å². The third-order valence-electron chi connectivity index (χ3n) is 2.67. The van der Waals surface area contributed by atoms with E-state index in [9.17, 15) is 0 Å². The molecule has 1 N–H and O–H groups in total. The van der Waals surface area contributed by atoms with Gasteiger partial charge >= 0.3 is 0 Å². The van der Waals surface area contributed by atoms with E-state index >= 15 is 0 Å². The molecule has 0 amide bonds. The second kappa shape index (κ2) is 3.78. The number of hydrogen-bond acceptors (Lipinski definition) is 1. The van der Waals surface area contributed by atoms with Crippen LogP contribution in [0.4, 0.5) is 0 Å². The molecular weight excluding hydrogens is 146 g/mol. The first-order valence-electron chi connectivity index (χ1n) is 5.22. The van der Waals surface area contributed by atoms with Gasteiger partial charge in [-0.15, -0.1) is 0 Å². The Kier molecular flexibility index (Phi) is 3.16. The summed E-state index contributed by atoms with van der Waals surface area (Å²) in [6, 6.07) is 0.757. The largest absolute Gasteiger partial charge is 0.314 e. The summed E-state index contributed by atoms with van der Waals surface area (Å²) in [7, 11) is 0. The lowest BCUT2D eigenvalue weighted by Crippen LogP contribution is -2.30. The van der Waals surface area contributed by atoms with Gasteiger partial charge in [0.1, 0.15) is 0 Å². The van der Waals surface area contributed by atoms with E-state index < -0.39 is 0 Å². The van der Waals surface area contributed by atoms with Gasteiger partial charge in [-0.3, -0.25) is 0 Å².